The van der Waals surface area contributed by atoms with Gasteiger partial charge in [-0.3, -0.25) is 0 Å². The molecule has 0 aliphatic rings. The molecule has 0 amide bonds. The Morgan fingerprint density at radius 1 is 1.07 bits per heavy atom. The van der Waals surface area contributed by atoms with Gasteiger partial charge in [-0.2, -0.15) is 9.37 Å². The van der Waals surface area contributed by atoms with E-state index in [1.807, 2.05) is 30.3 Å². The Morgan fingerprint density at radius 2 is 1.79 bits per heavy atom. The van der Waals surface area contributed by atoms with Crippen LogP contribution < -0.4 is 0 Å². The van der Waals surface area contributed by atoms with E-state index in [1.165, 1.54) is 6.07 Å². The minimum absolute atomic E-state index is 0.433. The largest absolute Gasteiger partial charge is 0.233 e. The standard InChI is InChI=1S/C11H9FN2/c1-8-7-10(12)14-11(13-8)9-5-3-2-4-6-9/h2-7H,1H3. The van der Waals surface area contributed by atoms with Crippen molar-refractivity contribution in [3.8, 4) is 11.4 Å². The summed E-state index contributed by atoms with van der Waals surface area (Å²) in [6.07, 6.45) is 0. The summed E-state index contributed by atoms with van der Waals surface area (Å²) in [5.74, 6) is -0.0561. The molecular formula is C11H9FN2. The zero-order chi connectivity index (χ0) is 9.97. The highest BCUT2D eigenvalue weighted by molar-refractivity contribution is 5.54. The highest BCUT2D eigenvalue weighted by Crippen LogP contribution is 2.14. The van der Waals surface area contributed by atoms with Gasteiger partial charge in [0.15, 0.2) is 5.82 Å². The Kier molecular flexibility index (Phi) is 2.23. The van der Waals surface area contributed by atoms with Gasteiger partial charge in [-0.05, 0) is 6.92 Å². The molecule has 0 aliphatic carbocycles. The third-order valence-electron chi connectivity index (χ3n) is 1.85. The van der Waals surface area contributed by atoms with Gasteiger partial charge >= 0.3 is 0 Å². The predicted octanol–water partition coefficient (Wildman–Crippen LogP) is 2.59. The fraction of sp³-hybridized carbons (Fsp3) is 0.0909. The lowest BCUT2D eigenvalue weighted by atomic mass is 10.2. The van der Waals surface area contributed by atoms with Crippen molar-refractivity contribution < 1.29 is 4.39 Å². The van der Waals surface area contributed by atoms with Gasteiger partial charge in [0, 0.05) is 17.3 Å². The smallest absolute Gasteiger partial charge is 0.216 e. The molecule has 2 rings (SSSR count). The molecule has 0 aliphatic heterocycles. The van der Waals surface area contributed by atoms with Gasteiger partial charge in [0.05, 0.1) is 0 Å². The van der Waals surface area contributed by atoms with Gasteiger partial charge in [-0.25, -0.2) is 4.98 Å². The van der Waals surface area contributed by atoms with Crippen LogP contribution in [0.5, 0.6) is 0 Å². The zero-order valence-corrected chi connectivity index (χ0v) is 7.74. The molecule has 2 nitrogen and oxygen atoms in total. The summed E-state index contributed by atoms with van der Waals surface area (Å²) in [5, 5.41) is 0. The second kappa shape index (κ2) is 3.54. The Hall–Kier alpha value is -1.77. The second-order valence-corrected chi connectivity index (χ2v) is 3.02. The molecular weight excluding hydrogens is 179 g/mol. The summed E-state index contributed by atoms with van der Waals surface area (Å²) in [6, 6.07) is 10.7. The van der Waals surface area contributed by atoms with Crippen molar-refractivity contribution in [1.82, 2.24) is 9.97 Å². The number of aromatic nitrogens is 2. The molecule has 1 aromatic heterocycles. The summed E-state index contributed by atoms with van der Waals surface area (Å²) < 4.78 is 13.0. The van der Waals surface area contributed by atoms with E-state index >= 15 is 0 Å². The van der Waals surface area contributed by atoms with Gasteiger partial charge < -0.3 is 0 Å². The molecule has 0 N–H and O–H groups in total. The van der Waals surface area contributed by atoms with Crippen LogP contribution in [0.25, 0.3) is 11.4 Å². The second-order valence-electron chi connectivity index (χ2n) is 3.02. The van der Waals surface area contributed by atoms with E-state index in [1.54, 1.807) is 6.92 Å². The summed E-state index contributed by atoms with van der Waals surface area (Å²) in [6.45, 7) is 1.75. The van der Waals surface area contributed by atoms with Crippen LogP contribution in [0.4, 0.5) is 4.39 Å². The minimum atomic E-state index is -0.489. The van der Waals surface area contributed by atoms with Gasteiger partial charge in [0.1, 0.15) is 0 Å². The number of aryl methyl sites for hydroxylation is 1. The monoisotopic (exact) mass is 188 g/mol. The van der Waals surface area contributed by atoms with Gasteiger partial charge in [-0.15, -0.1) is 0 Å². The fourth-order valence-electron chi connectivity index (χ4n) is 1.25. The maximum Gasteiger partial charge on any atom is 0.216 e. The van der Waals surface area contributed by atoms with Crippen molar-refractivity contribution >= 4 is 0 Å². The van der Waals surface area contributed by atoms with Crippen LogP contribution in [-0.4, -0.2) is 9.97 Å². The van der Waals surface area contributed by atoms with E-state index in [0.717, 1.165) is 5.56 Å². The third-order valence-corrected chi connectivity index (χ3v) is 1.85. The quantitative estimate of drug-likeness (QED) is 0.643. The first kappa shape index (κ1) is 8.81. The number of rotatable bonds is 1. The maximum atomic E-state index is 13.0. The van der Waals surface area contributed by atoms with E-state index in [0.29, 0.717) is 11.5 Å². The molecule has 0 saturated carbocycles. The molecule has 0 saturated heterocycles. The van der Waals surface area contributed by atoms with Crippen LogP contribution in [0.15, 0.2) is 36.4 Å². The molecule has 14 heavy (non-hydrogen) atoms. The Bertz CT molecular complexity index is 420. The number of hydrogen-bond acceptors (Lipinski definition) is 2. The van der Waals surface area contributed by atoms with Crippen molar-refractivity contribution in [2.24, 2.45) is 0 Å². The van der Waals surface area contributed by atoms with Crippen LogP contribution in [-0.2, 0) is 0 Å². The lowest BCUT2D eigenvalue weighted by Gasteiger charge is -2.00. The molecule has 70 valence electrons. The average molecular weight is 188 g/mol. The maximum absolute atomic E-state index is 13.0. The molecule has 2 aromatic rings. The first-order valence-electron chi connectivity index (χ1n) is 4.32. The molecule has 0 unspecified atom stereocenters. The van der Waals surface area contributed by atoms with E-state index in [2.05, 4.69) is 9.97 Å². The Labute approximate surface area is 81.5 Å². The lowest BCUT2D eigenvalue weighted by Crippen LogP contribution is -1.94. The van der Waals surface area contributed by atoms with Crippen LogP contribution in [0, 0.1) is 12.9 Å². The van der Waals surface area contributed by atoms with Gasteiger partial charge in [-0.1, -0.05) is 30.3 Å². The average Bonchev–Trinajstić information content (AvgIpc) is 2.18. The lowest BCUT2D eigenvalue weighted by molar-refractivity contribution is 0.579. The number of halogens is 1. The first-order valence-corrected chi connectivity index (χ1v) is 4.32. The van der Waals surface area contributed by atoms with E-state index < -0.39 is 5.95 Å². The highest BCUT2D eigenvalue weighted by Gasteiger charge is 2.03. The van der Waals surface area contributed by atoms with Crippen LogP contribution in [0.2, 0.25) is 0 Å². The number of hydrogen-bond donors (Lipinski definition) is 0. The van der Waals surface area contributed by atoms with Crippen molar-refractivity contribution in [2.75, 3.05) is 0 Å². The van der Waals surface area contributed by atoms with Gasteiger partial charge in [0.2, 0.25) is 5.95 Å². The molecule has 1 aromatic carbocycles. The first-order chi connectivity index (χ1) is 6.75. The topological polar surface area (TPSA) is 25.8 Å². The van der Waals surface area contributed by atoms with E-state index in [-0.39, 0.29) is 0 Å². The van der Waals surface area contributed by atoms with Crippen LogP contribution in [0.1, 0.15) is 5.69 Å². The fourth-order valence-corrected chi connectivity index (χ4v) is 1.25. The molecule has 0 atom stereocenters. The number of nitrogens with zero attached hydrogens (tertiary/aromatic N) is 2. The normalized spacial score (nSPS) is 10.1. The zero-order valence-electron chi connectivity index (χ0n) is 7.74. The predicted molar refractivity (Wildman–Crippen MR) is 52.2 cm³/mol. The van der Waals surface area contributed by atoms with Crippen molar-refractivity contribution in [3.05, 3.63) is 48.0 Å². The SMILES string of the molecule is Cc1cc(F)nc(-c2ccccc2)n1. The van der Waals surface area contributed by atoms with Crippen molar-refractivity contribution in [1.29, 1.82) is 0 Å². The Morgan fingerprint density at radius 3 is 2.43 bits per heavy atom. The van der Waals surface area contributed by atoms with Crippen molar-refractivity contribution in [2.45, 2.75) is 6.92 Å². The van der Waals surface area contributed by atoms with Crippen molar-refractivity contribution in [3.63, 3.8) is 0 Å². The van der Waals surface area contributed by atoms with Gasteiger partial charge in [0.25, 0.3) is 0 Å². The van der Waals surface area contributed by atoms with E-state index in [9.17, 15) is 4.39 Å². The summed E-state index contributed by atoms with van der Waals surface area (Å²) in [5.41, 5.74) is 1.46. The molecule has 0 radical (unpaired) electrons. The number of benzene rings is 1. The highest BCUT2D eigenvalue weighted by atomic mass is 19.1. The Balaban J connectivity index is 2.52. The van der Waals surface area contributed by atoms with Crippen LogP contribution >= 0.6 is 0 Å². The van der Waals surface area contributed by atoms with Crippen LogP contribution in [0.3, 0.4) is 0 Å². The molecule has 0 spiro atoms. The minimum Gasteiger partial charge on any atom is -0.233 e. The summed E-state index contributed by atoms with van der Waals surface area (Å²) in [4.78, 5) is 7.88. The molecule has 0 bridgehead atoms. The molecule has 0 fully saturated rings. The summed E-state index contributed by atoms with van der Waals surface area (Å²) >= 11 is 0. The molecule has 1 heterocycles. The molecule has 3 heteroatoms. The summed E-state index contributed by atoms with van der Waals surface area (Å²) in [7, 11) is 0. The third kappa shape index (κ3) is 1.76. The van der Waals surface area contributed by atoms with E-state index in [4.69, 9.17) is 0 Å².